The van der Waals surface area contributed by atoms with Crippen molar-refractivity contribution < 1.29 is 4.39 Å². The number of halogens is 1. The van der Waals surface area contributed by atoms with Crippen LogP contribution >= 0.6 is 0 Å². The van der Waals surface area contributed by atoms with Crippen LogP contribution in [0.4, 0.5) is 4.39 Å². The molecule has 0 amide bonds. The van der Waals surface area contributed by atoms with E-state index >= 15 is 0 Å². The van der Waals surface area contributed by atoms with Gasteiger partial charge in [0.1, 0.15) is 0 Å². The van der Waals surface area contributed by atoms with Crippen molar-refractivity contribution in [2.24, 2.45) is 5.92 Å². The van der Waals surface area contributed by atoms with Crippen LogP contribution in [0.2, 0.25) is 0 Å². The summed E-state index contributed by atoms with van der Waals surface area (Å²) in [5.41, 5.74) is 2.59. The molecule has 0 N–H and O–H groups in total. The Balaban J connectivity index is 1.89. The Kier molecular flexibility index (Phi) is 3.88. The Bertz CT molecular complexity index is 332. The van der Waals surface area contributed by atoms with Crippen LogP contribution in [0.15, 0.2) is 18.5 Å². The van der Waals surface area contributed by atoms with Gasteiger partial charge in [0.2, 0.25) is 0 Å². The van der Waals surface area contributed by atoms with Crippen molar-refractivity contribution in [2.75, 3.05) is 19.8 Å². The third-order valence-corrected chi connectivity index (χ3v) is 3.46. The maximum Gasteiger partial charge on any atom is 0.0923 e. The lowest BCUT2D eigenvalue weighted by atomic mass is 9.98. The number of alkyl halides is 1. The first-order valence-corrected chi connectivity index (χ1v) is 5.97. The maximum absolute atomic E-state index is 12.5. The van der Waals surface area contributed by atoms with Crippen molar-refractivity contribution in [3.8, 4) is 0 Å². The molecule has 0 aromatic carbocycles. The molecule has 0 bridgehead atoms. The van der Waals surface area contributed by atoms with Crippen LogP contribution < -0.4 is 0 Å². The molecular weight excluding hydrogens is 203 g/mol. The summed E-state index contributed by atoms with van der Waals surface area (Å²) in [5, 5.41) is 0. The molecule has 0 radical (unpaired) electrons. The number of hydrogen-bond donors (Lipinski definition) is 0. The topological polar surface area (TPSA) is 16.1 Å². The van der Waals surface area contributed by atoms with E-state index in [0.29, 0.717) is 5.92 Å². The highest BCUT2D eigenvalue weighted by atomic mass is 19.1. The second-order valence-electron chi connectivity index (χ2n) is 4.68. The predicted octanol–water partition coefficient (Wildman–Crippen LogP) is 2.57. The third kappa shape index (κ3) is 2.79. The predicted molar refractivity (Wildman–Crippen MR) is 63.0 cm³/mol. The summed E-state index contributed by atoms with van der Waals surface area (Å²) < 4.78 is 12.5. The quantitative estimate of drug-likeness (QED) is 0.781. The zero-order chi connectivity index (χ0) is 11.4. The minimum Gasteiger partial charge on any atom is -0.299 e. The Morgan fingerprint density at radius 1 is 1.44 bits per heavy atom. The number of nitrogens with zero attached hydrogens (tertiary/aromatic N) is 2. The molecule has 1 fully saturated rings. The van der Waals surface area contributed by atoms with E-state index in [1.807, 2.05) is 12.4 Å². The minimum absolute atomic E-state index is 0.151. The molecule has 0 unspecified atom stereocenters. The van der Waals surface area contributed by atoms with Gasteiger partial charge in [-0.05, 0) is 56.0 Å². The van der Waals surface area contributed by atoms with Gasteiger partial charge in [0.15, 0.2) is 0 Å². The highest BCUT2D eigenvalue weighted by Crippen LogP contribution is 2.19. The van der Waals surface area contributed by atoms with E-state index < -0.39 is 0 Å². The Morgan fingerprint density at radius 2 is 2.19 bits per heavy atom. The van der Waals surface area contributed by atoms with E-state index in [2.05, 4.69) is 22.9 Å². The summed E-state index contributed by atoms with van der Waals surface area (Å²) in [4.78, 5) is 6.51. The number of likely N-dealkylation sites (tertiary alicyclic amines) is 1. The van der Waals surface area contributed by atoms with E-state index in [1.54, 1.807) is 0 Å². The van der Waals surface area contributed by atoms with Crippen molar-refractivity contribution in [3.63, 3.8) is 0 Å². The summed E-state index contributed by atoms with van der Waals surface area (Å²) in [6, 6.07) is 2.08. The molecule has 1 aliphatic heterocycles. The Labute approximate surface area is 96.5 Å². The van der Waals surface area contributed by atoms with Crippen LogP contribution in [0.25, 0.3) is 0 Å². The number of piperidine rings is 1. The number of aryl methyl sites for hydroxylation is 1. The van der Waals surface area contributed by atoms with Crippen molar-refractivity contribution in [2.45, 2.75) is 26.3 Å². The normalized spacial score (nSPS) is 18.9. The maximum atomic E-state index is 12.5. The summed E-state index contributed by atoms with van der Waals surface area (Å²) in [6.07, 6.45) is 5.75. The monoisotopic (exact) mass is 222 g/mol. The first-order chi connectivity index (χ1) is 7.79. The van der Waals surface area contributed by atoms with Crippen LogP contribution in [-0.2, 0) is 6.54 Å². The summed E-state index contributed by atoms with van der Waals surface area (Å²) in [7, 11) is 0. The fraction of sp³-hybridized carbons (Fsp3) is 0.615. The molecule has 3 heteroatoms. The van der Waals surface area contributed by atoms with Gasteiger partial charge in [-0.25, -0.2) is 0 Å². The van der Waals surface area contributed by atoms with Crippen LogP contribution in [0, 0.1) is 12.8 Å². The fourth-order valence-electron chi connectivity index (χ4n) is 2.22. The third-order valence-electron chi connectivity index (χ3n) is 3.46. The van der Waals surface area contributed by atoms with Crippen LogP contribution in [-0.4, -0.2) is 29.6 Å². The van der Waals surface area contributed by atoms with Gasteiger partial charge in [-0.2, -0.15) is 0 Å². The number of pyridine rings is 1. The number of hydrogen-bond acceptors (Lipinski definition) is 2. The number of rotatable bonds is 3. The molecule has 0 aliphatic carbocycles. The average molecular weight is 222 g/mol. The molecule has 1 aromatic heterocycles. The van der Waals surface area contributed by atoms with Gasteiger partial charge in [0.25, 0.3) is 0 Å². The molecule has 88 valence electrons. The molecule has 0 atom stereocenters. The van der Waals surface area contributed by atoms with E-state index in [1.165, 1.54) is 11.1 Å². The van der Waals surface area contributed by atoms with E-state index in [4.69, 9.17) is 0 Å². The average Bonchev–Trinajstić information content (AvgIpc) is 2.33. The lowest BCUT2D eigenvalue weighted by molar-refractivity contribution is 0.159. The smallest absolute Gasteiger partial charge is 0.0923 e. The molecule has 1 aromatic rings. The van der Waals surface area contributed by atoms with Gasteiger partial charge < -0.3 is 0 Å². The first kappa shape index (κ1) is 11.5. The molecule has 16 heavy (non-hydrogen) atoms. The summed E-state index contributed by atoms with van der Waals surface area (Å²) in [6.45, 7) is 4.97. The van der Waals surface area contributed by atoms with Crippen molar-refractivity contribution in [3.05, 3.63) is 29.6 Å². The van der Waals surface area contributed by atoms with Crippen LogP contribution in [0.5, 0.6) is 0 Å². The molecular formula is C13H19FN2. The summed E-state index contributed by atoms with van der Waals surface area (Å²) >= 11 is 0. The highest BCUT2D eigenvalue weighted by molar-refractivity contribution is 5.21. The Morgan fingerprint density at radius 3 is 2.81 bits per heavy atom. The minimum atomic E-state index is -0.151. The Hall–Kier alpha value is -0.960. The molecule has 1 saturated heterocycles. The fourth-order valence-corrected chi connectivity index (χ4v) is 2.22. The van der Waals surface area contributed by atoms with E-state index in [-0.39, 0.29) is 6.67 Å². The summed E-state index contributed by atoms with van der Waals surface area (Å²) in [5.74, 6) is 0.301. The van der Waals surface area contributed by atoms with Crippen LogP contribution in [0.1, 0.15) is 24.0 Å². The second kappa shape index (κ2) is 5.39. The van der Waals surface area contributed by atoms with Gasteiger partial charge in [-0.1, -0.05) is 0 Å². The van der Waals surface area contributed by atoms with Gasteiger partial charge in [-0.15, -0.1) is 0 Å². The molecule has 0 spiro atoms. The molecule has 0 saturated carbocycles. The van der Waals surface area contributed by atoms with Gasteiger partial charge in [0, 0.05) is 18.9 Å². The molecule has 1 aliphatic rings. The number of aromatic nitrogens is 1. The van der Waals surface area contributed by atoms with Gasteiger partial charge >= 0.3 is 0 Å². The largest absolute Gasteiger partial charge is 0.299 e. The zero-order valence-corrected chi connectivity index (χ0v) is 9.82. The molecule has 2 heterocycles. The first-order valence-electron chi connectivity index (χ1n) is 5.97. The van der Waals surface area contributed by atoms with Crippen molar-refractivity contribution in [1.29, 1.82) is 0 Å². The van der Waals surface area contributed by atoms with Crippen molar-refractivity contribution in [1.82, 2.24) is 9.88 Å². The molecule has 2 nitrogen and oxygen atoms in total. The highest BCUT2D eigenvalue weighted by Gasteiger charge is 2.19. The standard InChI is InChI=1S/C13H19FN2/c1-11-9-15-5-2-13(11)10-16-6-3-12(8-14)4-7-16/h2,5,9,12H,3-4,6-8,10H2,1H3. The zero-order valence-electron chi connectivity index (χ0n) is 9.82. The van der Waals surface area contributed by atoms with E-state index in [9.17, 15) is 4.39 Å². The lowest BCUT2D eigenvalue weighted by Gasteiger charge is -2.30. The van der Waals surface area contributed by atoms with Crippen molar-refractivity contribution >= 4 is 0 Å². The lowest BCUT2D eigenvalue weighted by Crippen LogP contribution is -2.34. The molecule has 2 rings (SSSR count). The van der Waals surface area contributed by atoms with E-state index in [0.717, 1.165) is 32.5 Å². The van der Waals surface area contributed by atoms with Crippen LogP contribution in [0.3, 0.4) is 0 Å². The van der Waals surface area contributed by atoms with Gasteiger partial charge in [-0.3, -0.25) is 14.3 Å². The second-order valence-corrected chi connectivity index (χ2v) is 4.68. The SMILES string of the molecule is Cc1cnccc1CN1CCC(CF)CC1. The van der Waals surface area contributed by atoms with Gasteiger partial charge in [0.05, 0.1) is 6.67 Å².